The van der Waals surface area contributed by atoms with E-state index in [1.807, 2.05) is 47.8 Å². The summed E-state index contributed by atoms with van der Waals surface area (Å²) in [6.07, 6.45) is 0. The highest BCUT2D eigenvalue weighted by Crippen LogP contribution is 2.24. The van der Waals surface area contributed by atoms with Crippen molar-refractivity contribution in [1.82, 2.24) is 15.1 Å². The summed E-state index contributed by atoms with van der Waals surface area (Å²) in [6.45, 7) is 1.49. The molecule has 3 aromatic rings. The molecule has 2 aromatic heterocycles. The maximum atomic E-state index is 12.2. The molecule has 0 spiro atoms. The highest BCUT2D eigenvalue weighted by Gasteiger charge is 2.24. The van der Waals surface area contributed by atoms with Crippen molar-refractivity contribution in [3.8, 4) is 11.3 Å². The Morgan fingerprint density at radius 3 is 2.65 bits per heavy atom. The van der Waals surface area contributed by atoms with Crippen molar-refractivity contribution in [3.05, 3.63) is 75.2 Å². The van der Waals surface area contributed by atoms with Crippen molar-refractivity contribution >= 4 is 17.2 Å². The quantitative estimate of drug-likeness (QED) is 0.696. The summed E-state index contributed by atoms with van der Waals surface area (Å²) < 4.78 is 1.12. The van der Waals surface area contributed by atoms with Crippen molar-refractivity contribution in [1.29, 1.82) is 0 Å². The Balaban J connectivity index is 1.69. The van der Waals surface area contributed by atoms with Crippen molar-refractivity contribution in [2.75, 3.05) is 6.54 Å². The van der Waals surface area contributed by atoms with Crippen molar-refractivity contribution < 1.29 is 9.90 Å². The molecule has 0 aliphatic heterocycles. The number of rotatable bonds is 6. The number of hydrogen-bond acceptors (Lipinski definition) is 5. The van der Waals surface area contributed by atoms with Gasteiger partial charge in [-0.05, 0) is 24.4 Å². The predicted octanol–water partition coefficient (Wildman–Crippen LogP) is 2.00. The van der Waals surface area contributed by atoms with Crippen LogP contribution < -0.4 is 10.9 Å². The molecular formula is C19H19N3O3S. The van der Waals surface area contributed by atoms with Gasteiger partial charge in [-0.3, -0.25) is 9.59 Å². The first-order valence-corrected chi connectivity index (χ1v) is 9.00. The standard InChI is InChI=1S/C19H19N3O3S/c1-19(25,16-8-5-11-26-16)13-20-17(23)12-22-18(24)10-9-15(21-22)14-6-3-2-4-7-14/h2-11,25H,12-13H2,1H3,(H,20,23). The van der Waals surface area contributed by atoms with Crippen LogP contribution in [0.5, 0.6) is 0 Å². The number of carbonyl (C=O) groups is 1. The van der Waals surface area contributed by atoms with Crippen LogP contribution in [0.2, 0.25) is 0 Å². The third-order valence-electron chi connectivity index (χ3n) is 3.91. The van der Waals surface area contributed by atoms with Crippen LogP contribution in [-0.4, -0.2) is 27.3 Å². The second-order valence-electron chi connectivity index (χ2n) is 6.11. The van der Waals surface area contributed by atoms with E-state index in [2.05, 4.69) is 10.4 Å². The molecule has 0 radical (unpaired) electrons. The number of nitrogens with one attached hydrogen (secondary N) is 1. The molecule has 0 saturated carbocycles. The van der Waals surface area contributed by atoms with Crippen molar-refractivity contribution in [2.24, 2.45) is 0 Å². The van der Waals surface area contributed by atoms with E-state index in [0.29, 0.717) is 5.69 Å². The number of aromatic nitrogens is 2. The molecule has 1 atom stereocenters. The van der Waals surface area contributed by atoms with Gasteiger partial charge >= 0.3 is 0 Å². The van der Waals surface area contributed by atoms with Gasteiger partial charge in [0.2, 0.25) is 5.91 Å². The topological polar surface area (TPSA) is 84.2 Å². The van der Waals surface area contributed by atoms with Crippen molar-refractivity contribution in [3.63, 3.8) is 0 Å². The Kier molecular flexibility index (Phi) is 5.29. The zero-order valence-corrected chi connectivity index (χ0v) is 15.1. The summed E-state index contributed by atoms with van der Waals surface area (Å²) in [5, 5.41) is 19.2. The van der Waals surface area contributed by atoms with E-state index in [1.165, 1.54) is 17.4 Å². The first-order chi connectivity index (χ1) is 12.5. The van der Waals surface area contributed by atoms with Gasteiger partial charge in [-0.2, -0.15) is 5.10 Å². The van der Waals surface area contributed by atoms with Gasteiger partial charge in [0.05, 0.1) is 12.2 Å². The average molecular weight is 369 g/mol. The van der Waals surface area contributed by atoms with Crippen LogP contribution in [0.4, 0.5) is 0 Å². The summed E-state index contributed by atoms with van der Waals surface area (Å²) in [6, 6.07) is 16.1. The van der Waals surface area contributed by atoms with E-state index in [4.69, 9.17) is 0 Å². The molecule has 1 amide bonds. The lowest BCUT2D eigenvalue weighted by atomic mass is 10.1. The van der Waals surface area contributed by atoms with E-state index < -0.39 is 5.60 Å². The number of nitrogens with zero attached hydrogens (tertiary/aromatic N) is 2. The monoisotopic (exact) mass is 369 g/mol. The number of aliphatic hydroxyl groups is 1. The Hall–Kier alpha value is -2.77. The van der Waals surface area contributed by atoms with E-state index in [9.17, 15) is 14.7 Å². The lowest BCUT2D eigenvalue weighted by Crippen LogP contribution is -2.41. The Morgan fingerprint density at radius 2 is 1.96 bits per heavy atom. The smallest absolute Gasteiger partial charge is 0.267 e. The van der Waals surface area contributed by atoms with Gasteiger partial charge in [0.25, 0.3) is 5.56 Å². The molecule has 0 saturated heterocycles. The molecule has 2 heterocycles. The van der Waals surface area contributed by atoms with Gasteiger partial charge in [-0.1, -0.05) is 36.4 Å². The molecule has 0 aliphatic carbocycles. The highest BCUT2D eigenvalue weighted by atomic mass is 32.1. The highest BCUT2D eigenvalue weighted by molar-refractivity contribution is 7.10. The van der Waals surface area contributed by atoms with Crippen LogP contribution in [-0.2, 0) is 16.9 Å². The summed E-state index contributed by atoms with van der Waals surface area (Å²) in [4.78, 5) is 25.0. The molecule has 26 heavy (non-hydrogen) atoms. The van der Waals surface area contributed by atoms with Crippen LogP contribution in [0.1, 0.15) is 11.8 Å². The van der Waals surface area contributed by atoms with Crippen LogP contribution in [0, 0.1) is 0 Å². The lowest BCUT2D eigenvalue weighted by molar-refractivity contribution is -0.123. The summed E-state index contributed by atoms with van der Waals surface area (Å²) in [7, 11) is 0. The molecule has 2 N–H and O–H groups in total. The molecule has 0 aliphatic rings. The fourth-order valence-corrected chi connectivity index (χ4v) is 3.25. The molecule has 0 bridgehead atoms. The van der Waals surface area contributed by atoms with Gasteiger partial charge in [-0.15, -0.1) is 11.3 Å². The zero-order valence-electron chi connectivity index (χ0n) is 14.3. The molecule has 6 nitrogen and oxygen atoms in total. The molecule has 7 heteroatoms. The summed E-state index contributed by atoms with van der Waals surface area (Å²) in [5.74, 6) is -0.387. The lowest BCUT2D eigenvalue weighted by Gasteiger charge is -2.22. The van der Waals surface area contributed by atoms with E-state index in [0.717, 1.165) is 15.1 Å². The molecule has 3 rings (SSSR count). The SMILES string of the molecule is CC(O)(CNC(=O)Cn1nc(-c2ccccc2)ccc1=O)c1cccs1. The van der Waals surface area contributed by atoms with E-state index in [-0.39, 0.29) is 24.6 Å². The Morgan fingerprint density at radius 1 is 1.19 bits per heavy atom. The van der Waals surface area contributed by atoms with Crippen molar-refractivity contribution in [2.45, 2.75) is 19.1 Å². The second kappa shape index (κ2) is 7.63. The number of amides is 1. The fourth-order valence-electron chi connectivity index (χ4n) is 2.46. The predicted molar refractivity (Wildman–Crippen MR) is 101 cm³/mol. The summed E-state index contributed by atoms with van der Waals surface area (Å²) in [5.41, 5.74) is -0.0376. The largest absolute Gasteiger partial charge is 0.383 e. The maximum absolute atomic E-state index is 12.2. The first-order valence-electron chi connectivity index (χ1n) is 8.12. The Labute approximate surface area is 154 Å². The van der Waals surface area contributed by atoms with Gasteiger partial charge in [-0.25, -0.2) is 4.68 Å². The van der Waals surface area contributed by atoms with Gasteiger partial charge in [0.15, 0.2) is 0 Å². The third-order valence-corrected chi connectivity index (χ3v) is 5.03. The fraction of sp³-hybridized carbons (Fsp3) is 0.211. The second-order valence-corrected chi connectivity index (χ2v) is 7.06. The molecular weight excluding hydrogens is 350 g/mol. The van der Waals surface area contributed by atoms with Gasteiger partial charge < -0.3 is 10.4 Å². The van der Waals surface area contributed by atoms with E-state index >= 15 is 0 Å². The van der Waals surface area contributed by atoms with Crippen LogP contribution >= 0.6 is 11.3 Å². The van der Waals surface area contributed by atoms with E-state index in [1.54, 1.807) is 13.0 Å². The normalized spacial score (nSPS) is 13.2. The number of carbonyl (C=O) groups excluding carboxylic acids is 1. The molecule has 0 fully saturated rings. The maximum Gasteiger partial charge on any atom is 0.267 e. The van der Waals surface area contributed by atoms with Gasteiger partial charge in [0, 0.05) is 16.5 Å². The zero-order chi connectivity index (χ0) is 18.6. The molecule has 1 aromatic carbocycles. The minimum absolute atomic E-state index is 0.0550. The number of thiophene rings is 1. The summed E-state index contributed by atoms with van der Waals surface area (Å²) >= 11 is 1.42. The minimum Gasteiger partial charge on any atom is -0.383 e. The minimum atomic E-state index is -1.16. The van der Waals surface area contributed by atoms with Gasteiger partial charge in [0.1, 0.15) is 12.1 Å². The van der Waals surface area contributed by atoms with Crippen LogP contribution in [0.3, 0.4) is 0 Å². The number of hydrogen-bond donors (Lipinski definition) is 2. The third kappa shape index (κ3) is 4.25. The molecule has 1 unspecified atom stereocenters. The van der Waals surface area contributed by atoms with Crippen LogP contribution in [0.15, 0.2) is 64.8 Å². The first kappa shape index (κ1) is 18.0. The molecule has 134 valence electrons. The van der Waals surface area contributed by atoms with Crippen LogP contribution in [0.25, 0.3) is 11.3 Å². The average Bonchev–Trinajstić information content (AvgIpc) is 3.18. The number of benzene rings is 1. The Bertz CT molecular complexity index is 934.